The molecule has 0 unspecified atom stereocenters. The summed E-state index contributed by atoms with van der Waals surface area (Å²) >= 11 is 3.50. The van der Waals surface area contributed by atoms with Crippen LogP contribution in [0.25, 0.3) is 0 Å². The van der Waals surface area contributed by atoms with Gasteiger partial charge in [0, 0.05) is 4.47 Å². The van der Waals surface area contributed by atoms with Gasteiger partial charge in [0.2, 0.25) is 0 Å². The summed E-state index contributed by atoms with van der Waals surface area (Å²) in [6, 6.07) is 8.86. The zero-order chi connectivity index (χ0) is 10.9. The lowest BCUT2D eigenvalue weighted by molar-refractivity contribution is 0.572. The monoisotopic (exact) mass is 263 g/mol. The van der Waals surface area contributed by atoms with Crippen LogP contribution in [0, 0.1) is 18.3 Å². The highest BCUT2D eigenvalue weighted by Crippen LogP contribution is 2.41. The van der Waals surface area contributed by atoms with Crippen LogP contribution in [0.3, 0.4) is 0 Å². The Labute approximate surface area is 99.2 Å². The molecule has 0 saturated heterocycles. The van der Waals surface area contributed by atoms with Gasteiger partial charge in [0.1, 0.15) is 0 Å². The van der Waals surface area contributed by atoms with E-state index >= 15 is 0 Å². The second kappa shape index (κ2) is 3.98. The molecular formula is C13H14BrN. The molecule has 0 aliphatic heterocycles. The Morgan fingerprint density at radius 3 is 2.47 bits per heavy atom. The SMILES string of the molecule is Cc1cc(Br)cc(C2(C#N)CCCC2)c1. The first-order chi connectivity index (χ1) is 7.16. The van der Waals surface area contributed by atoms with Crippen molar-refractivity contribution in [2.45, 2.75) is 38.0 Å². The van der Waals surface area contributed by atoms with Crippen molar-refractivity contribution >= 4 is 15.9 Å². The number of benzene rings is 1. The van der Waals surface area contributed by atoms with Crippen LogP contribution in [0.2, 0.25) is 0 Å². The van der Waals surface area contributed by atoms with Crippen LogP contribution < -0.4 is 0 Å². The van der Waals surface area contributed by atoms with Crippen LogP contribution in [0.15, 0.2) is 22.7 Å². The molecule has 78 valence electrons. The molecular weight excluding hydrogens is 250 g/mol. The minimum atomic E-state index is -0.214. The van der Waals surface area contributed by atoms with Gasteiger partial charge in [0.05, 0.1) is 11.5 Å². The predicted octanol–water partition coefficient (Wildman–Crippen LogP) is 4.09. The lowest BCUT2D eigenvalue weighted by Crippen LogP contribution is -2.19. The minimum Gasteiger partial charge on any atom is -0.197 e. The molecule has 1 aromatic carbocycles. The molecule has 0 N–H and O–H groups in total. The maximum atomic E-state index is 9.39. The van der Waals surface area contributed by atoms with E-state index < -0.39 is 0 Å². The molecule has 0 radical (unpaired) electrons. The van der Waals surface area contributed by atoms with E-state index in [-0.39, 0.29) is 5.41 Å². The van der Waals surface area contributed by atoms with Crippen LogP contribution in [0.1, 0.15) is 36.8 Å². The zero-order valence-electron chi connectivity index (χ0n) is 8.89. The number of hydrogen-bond acceptors (Lipinski definition) is 1. The van der Waals surface area contributed by atoms with E-state index in [1.54, 1.807) is 0 Å². The largest absolute Gasteiger partial charge is 0.197 e. The first-order valence-corrected chi connectivity index (χ1v) is 6.14. The molecule has 0 spiro atoms. The average molecular weight is 264 g/mol. The summed E-state index contributed by atoms with van der Waals surface area (Å²) in [4.78, 5) is 0. The fourth-order valence-corrected chi connectivity index (χ4v) is 3.06. The van der Waals surface area contributed by atoms with Crippen LogP contribution >= 0.6 is 15.9 Å². The fraction of sp³-hybridized carbons (Fsp3) is 0.462. The van der Waals surface area contributed by atoms with E-state index in [0.29, 0.717) is 0 Å². The Hall–Kier alpha value is -0.810. The van der Waals surface area contributed by atoms with Crippen LogP contribution in [0.4, 0.5) is 0 Å². The number of aryl methyl sites for hydroxylation is 1. The molecule has 1 aromatic rings. The van der Waals surface area contributed by atoms with Crippen molar-refractivity contribution in [3.8, 4) is 6.07 Å². The second-order valence-electron chi connectivity index (χ2n) is 4.42. The molecule has 1 aliphatic rings. The average Bonchev–Trinajstić information content (AvgIpc) is 2.65. The molecule has 0 heterocycles. The quantitative estimate of drug-likeness (QED) is 0.749. The van der Waals surface area contributed by atoms with Gasteiger partial charge in [-0.1, -0.05) is 34.8 Å². The summed E-state index contributed by atoms with van der Waals surface area (Å²) in [7, 11) is 0. The van der Waals surface area contributed by atoms with Crippen LogP contribution in [0.5, 0.6) is 0 Å². The highest BCUT2D eigenvalue weighted by atomic mass is 79.9. The van der Waals surface area contributed by atoms with Gasteiger partial charge < -0.3 is 0 Å². The summed E-state index contributed by atoms with van der Waals surface area (Å²) in [5.74, 6) is 0. The molecule has 1 aliphatic carbocycles. The predicted molar refractivity (Wildman–Crippen MR) is 64.6 cm³/mol. The van der Waals surface area contributed by atoms with E-state index in [4.69, 9.17) is 0 Å². The van der Waals surface area contributed by atoms with Gasteiger partial charge in [-0.25, -0.2) is 0 Å². The lowest BCUT2D eigenvalue weighted by atomic mass is 9.80. The molecule has 1 saturated carbocycles. The maximum absolute atomic E-state index is 9.39. The number of nitrogens with zero attached hydrogens (tertiary/aromatic N) is 1. The number of rotatable bonds is 1. The fourth-order valence-electron chi connectivity index (χ4n) is 2.46. The standard InChI is InChI=1S/C13H14BrN/c1-10-6-11(8-12(14)7-10)13(9-15)4-2-3-5-13/h6-8H,2-5H2,1H3. The Morgan fingerprint density at radius 1 is 1.27 bits per heavy atom. The molecule has 2 rings (SSSR count). The van der Waals surface area contributed by atoms with Crippen molar-refractivity contribution in [2.24, 2.45) is 0 Å². The first kappa shape index (κ1) is 10.7. The van der Waals surface area contributed by atoms with Crippen molar-refractivity contribution in [1.29, 1.82) is 5.26 Å². The van der Waals surface area contributed by atoms with Gasteiger partial charge in [-0.2, -0.15) is 5.26 Å². The zero-order valence-corrected chi connectivity index (χ0v) is 10.5. The summed E-state index contributed by atoms with van der Waals surface area (Å²) in [5.41, 5.74) is 2.20. The van der Waals surface area contributed by atoms with Crippen molar-refractivity contribution in [3.63, 3.8) is 0 Å². The molecule has 0 atom stereocenters. The summed E-state index contributed by atoms with van der Waals surface area (Å²) in [5, 5.41) is 9.39. The van der Waals surface area contributed by atoms with Gasteiger partial charge in [-0.15, -0.1) is 0 Å². The van der Waals surface area contributed by atoms with Crippen molar-refractivity contribution < 1.29 is 0 Å². The lowest BCUT2D eigenvalue weighted by Gasteiger charge is -2.21. The highest BCUT2D eigenvalue weighted by Gasteiger charge is 2.35. The van der Waals surface area contributed by atoms with Crippen LogP contribution in [-0.2, 0) is 5.41 Å². The van der Waals surface area contributed by atoms with E-state index in [2.05, 4.69) is 47.1 Å². The van der Waals surface area contributed by atoms with E-state index in [0.717, 1.165) is 17.3 Å². The van der Waals surface area contributed by atoms with Crippen LogP contribution in [-0.4, -0.2) is 0 Å². The van der Waals surface area contributed by atoms with Gasteiger partial charge in [-0.3, -0.25) is 0 Å². The normalized spacial score (nSPS) is 18.7. The Balaban J connectivity index is 2.48. The number of halogens is 1. The third kappa shape index (κ3) is 1.94. The molecule has 2 heteroatoms. The van der Waals surface area contributed by atoms with Gasteiger partial charge in [0.15, 0.2) is 0 Å². The molecule has 0 aromatic heterocycles. The first-order valence-electron chi connectivity index (χ1n) is 5.35. The third-order valence-corrected chi connectivity index (χ3v) is 3.72. The molecule has 0 bridgehead atoms. The van der Waals surface area contributed by atoms with Crippen molar-refractivity contribution in [1.82, 2.24) is 0 Å². The van der Waals surface area contributed by atoms with E-state index in [9.17, 15) is 5.26 Å². The second-order valence-corrected chi connectivity index (χ2v) is 5.33. The molecule has 15 heavy (non-hydrogen) atoms. The Morgan fingerprint density at radius 2 is 1.93 bits per heavy atom. The third-order valence-electron chi connectivity index (χ3n) is 3.27. The molecule has 0 amide bonds. The van der Waals surface area contributed by atoms with E-state index in [1.165, 1.54) is 24.0 Å². The number of nitriles is 1. The van der Waals surface area contributed by atoms with Gasteiger partial charge in [0.25, 0.3) is 0 Å². The highest BCUT2D eigenvalue weighted by molar-refractivity contribution is 9.10. The van der Waals surface area contributed by atoms with Gasteiger partial charge >= 0.3 is 0 Å². The Kier molecular flexibility index (Phi) is 2.84. The summed E-state index contributed by atoms with van der Waals surface area (Å²) in [6.07, 6.45) is 4.39. The van der Waals surface area contributed by atoms with E-state index in [1.807, 2.05) is 0 Å². The van der Waals surface area contributed by atoms with Crippen molar-refractivity contribution in [3.05, 3.63) is 33.8 Å². The Bertz CT molecular complexity index is 391. The maximum Gasteiger partial charge on any atom is 0.0822 e. The molecule has 1 fully saturated rings. The summed E-state index contributed by atoms with van der Waals surface area (Å²) < 4.78 is 1.08. The summed E-state index contributed by atoms with van der Waals surface area (Å²) in [6.45, 7) is 2.08. The van der Waals surface area contributed by atoms with Gasteiger partial charge in [-0.05, 0) is 43.0 Å². The van der Waals surface area contributed by atoms with Crippen molar-refractivity contribution in [2.75, 3.05) is 0 Å². The number of hydrogen-bond donors (Lipinski definition) is 0. The minimum absolute atomic E-state index is 0.214. The molecule has 1 nitrogen and oxygen atoms in total. The smallest absolute Gasteiger partial charge is 0.0822 e. The topological polar surface area (TPSA) is 23.8 Å².